The largest absolute Gasteiger partial charge is 0.355 e. The summed E-state index contributed by atoms with van der Waals surface area (Å²) < 4.78 is 0. The van der Waals surface area contributed by atoms with E-state index in [0.29, 0.717) is 6.04 Å². The minimum Gasteiger partial charge on any atom is -0.355 e. The summed E-state index contributed by atoms with van der Waals surface area (Å²) in [5.74, 6) is 1.13. The molecule has 0 aliphatic carbocycles. The van der Waals surface area contributed by atoms with Crippen molar-refractivity contribution in [3.05, 3.63) is 23.9 Å². The maximum Gasteiger partial charge on any atom is 0.128 e. The van der Waals surface area contributed by atoms with Gasteiger partial charge in [0.05, 0.1) is 0 Å². The van der Waals surface area contributed by atoms with Gasteiger partial charge in [0.15, 0.2) is 0 Å². The molecule has 3 heteroatoms. The average Bonchev–Trinajstić information content (AvgIpc) is 2.78. The Hall–Kier alpha value is -1.09. The summed E-state index contributed by atoms with van der Waals surface area (Å²) in [6, 6.07) is 6.93. The molecule has 1 aromatic rings. The van der Waals surface area contributed by atoms with Crippen LogP contribution in [0.3, 0.4) is 0 Å². The number of rotatable bonds is 3. The fraction of sp³-hybridized carbons (Fsp3) is 0.583. The summed E-state index contributed by atoms with van der Waals surface area (Å²) in [6.45, 7) is 4.34. The third-order valence-corrected chi connectivity index (χ3v) is 3.07. The number of aromatic nitrogens is 1. The lowest BCUT2D eigenvalue weighted by Gasteiger charge is -2.17. The van der Waals surface area contributed by atoms with Gasteiger partial charge in [-0.3, -0.25) is 0 Å². The SMILES string of the molecule is CCc1cccc(N2CCC(NC)C2)n1. The van der Waals surface area contributed by atoms with Crippen molar-refractivity contribution in [1.82, 2.24) is 10.3 Å². The molecule has 0 spiro atoms. The minimum absolute atomic E-state index is 0.622. The van der Waals surface area contributed by atoms with Gasteiger partial charge in [-0.15, -0.1) is 0 Å². The molecule has 0 radical (unpaired) electrons. The van der Waals surface area contributed by atoms with E-state index in [1.54, 1.807) is 0 Å². The number of aryl methyl sites for hydroxylation is 1. The Morgan fingerprint density at radius 1 is 1.53 bits per heavy atom. The van der Waals surface area contributed by atoms with E-state index in [9.17, 15) is 0 Å². The van der Waals surface area contributed by atoms with Crippen molar-refractivity contribution >= 4 is 5.82 Å². The van der Waals surface area contributed by atoms with Crippen molar-refractivity contribution < 1.29 is 0 Å². The summed E-state index contributed by atoms with van der Waals surface area (Å²) in [7, 11) is 2.03. The lowest BCUT2D eigenvalue weighted by Crippen LogP contribution is -2.29. The first-order chi connectivity index (χ1) is 7.33. The van der Waals surface area contributed by atoms with Gasteiger partial charge in [-0.25, -0.2) is 4.98 Å². The highest BCUT2D eigenvalue weighted by Crippen LogP contribution is 2.18. The second-order valence-electron chi connectivity index (χ2n) is 4.06. The molecular formula is C12H19N3. The van der Waals surface area contributed by atoms with Crippen molar-refractivity contribution in [2.45, 2.75) is 25.8 Å². The summed E-state index contributed by atoms with van der Waals surface area (Å²) in [6.07, 6.45) is 2.23. The Morgan fingerprint density at radius 3 is 3.07 bits per heavy atom. The number of pyridine rings is 1. The van der Waals surface area contributed by atoms with Crippen molar-refractivity contribution in [2.24, 2.45) is 0 Å². The summed E-state index contributed by atoms with van der Waals surface area (Å²) in [5.41, 5.74) is 1.18. The predicted molar refractivity (Wildman–Crippen MR) is 63.3 cm³/mol. The van der Waals surface area contributed by atoms with Crippen molar-refractivity contribution in [3.63, 3.8) is 0 Å². The van der Waals surface area contributed by atoms with Crippen LogP contribution in [0, 0.1) is 0 Å². The molecule has 2 rings (SSSR count). The fourth-order valence-corrected chi connectivity index (χ4v) is 2.04. The predicted octanol–water partition coefficient (Wildman–Crippen LogP) is 1.44. The molecule has 1 aromatic heterocycles. The average molecular weight is 205 g/mol. The summed E-state index contributed by atoms with van der Waals surface area (Å²) in [4.78, 5) is 7.00. The van der Waals surface area contributed by atoms with E-state index in [1.807, 2.05) is 7.05 Å². The monoisotopic (exact) mass is 205 g/mol. The molecule has 1 fully saturated rings. The third kappa shape index (κ3) is 2.29. The minimum atomic E-state index is 0.622. The van der Waals surface area contributed by atoms with E-state index in [2.05, 4.69) is 40.3 Å². The molecule has 1 N–H and O–H groups in total. The summed E-state index contributed by atoms with van der Waals surface area (Å²) >= 11 is 0. The van der Waals surface area contributed by atoms with Crippen LogP contribution < -0.4 is 10.2 Å². The molecule has 1 atom stereocenters. The second-order valence-corrected chi connectivity index (χ2v) is 4.06. The van der Waals surface area contributed by atoms with E-state index in [-0.39, 0.29) is 0 Å². The van der Waals surface area contributed by atoms with Crippen LogP contribution in [0.4, 0.5) is 5.82 Å². The van der Waals surface area contributed by atoms with Crippen LogP contribution in [0.5, 0.6) is 0 Å². The highest BCUT2D eigenvalue weighted by Gasteiger charge is 2.21. The number of hydrogen-bond donors (Lipinski definition) is 1. The van der Waals surface area contributed by atoms with Gasteiger partial charge >= 0.3 is 0 Å². The Bertz CT molecular complexity index is 324. The maximum atomic E-state index is 4.64. The van der Waals surface area contributed by atoms with Crippen LogP contribution in [0.2, 0.25) is 0 Å². The van der Waals surface area contributed by atoms with Crippen LogP contribution >= 0.6 is 0 Å². The standard InChI is InChI=1S/C12H19N3/c1-3-10-5-4-6-12(14-10)15-8-7-11(9-15)13-2/h4-6,11,13H,3,7-9H2,1-2H3. The zero-order valence-corrected chi connectivity index (χ0v) is 9.53. The van der Waals surface area contributed by atoms with E-state index < -0.39 is 0 Å². The molecule has 0 amide bonds. The topological polar surface area (TPSA) is 28.2 Å². The number of hydrogen-bond acceptors (Lipinski definition) is 3. The van der Waals surface area contributed by atoms with Gasteiger partial charge in [-0.1, -0.05) is 13.0 Å². The lowest BCUT2D eigenvalue weighted by atomic mass is 10.3. The van der Waals surface area contributed by atoms with Gasteiger partial charge in [0.25, 0.3) is 0 Å². The molecule has 1 aliphatic rings. The summed E-state index contributed by atoms with van der Waals surface area (Å²) in [5, 5.41) is 3.32. The number of nitrogens with zero attached hydrogens (tertiary/aromatic N) is 2. The Morgan fingerprint density at radius 2 is 2.40 bits per heavy atom. The van der Waals surface area contributed by atoms with Gasteiger partial charge in [0, 0.05) is 24.8 Å². The van der Waals surface area contributed by atoms with Crippen molar-refractivity contribution in [1.29, 1.82) is 0 Å². The Balaban J connectivity index is 2.09. The molecule has 3 nitrogen and oxygen atoms in total. The lowest BCUT2D eigenvalue weighted by molar-refractivity contribution is 0.616. The van der Waals surface area contributed by atoms with Crippen LogP contribution in [0.15, 0.2) is 18.2 Å². The molecule has 82 valence electrons. The normalized spacial score (nSPS) is 20.9. The first-order valence-corrected chi connectivity index (χ1v) is 5.71. The van der Waals surface area contributed by atoms with Gasteiger partial charge in [0.2, 0.25) is 0 Å². The Labute approximate surface area is 91.5 Å². The smallest absolute Gasteiger partial charge is 0.128 e. The van der Waals surface area contributed by atoms with Gasteiger partial charge in [0.1, 0.15) is 5.82 Å². The van der Waals surface area contributed by atoms with Gasteiger partial charge in [-0.05, 0) is 32.0 Å². The van der Waals surface area contributed by atoms with E-state index >= 15 is 0 Å². The van der Waals surface area contributed by atoms with E-state index in [4.69, 9.17) is 0 Å². The van der Waals surface area contributed by atoms with Crippen molar-refractivity contribution in [3.8, 4) is 0 Å². The quantitative estimate of drug-likeness (QED) is 0.809. The first kappa shape index (κ1) is 10.4. The molecule has 0 saturated carbocycles. The molecule has 2 heterocycles. The Kier molecular flexibility index (Phi) is 3.21. The fourth-order valence-electron chi connectivity index (χ4n) is 2.04. The number of likely N-dealkylation sites (N-methyl/N-ethyl adjacent to an activating group) is 1. The molecule has 1 unspecified atom stereocenters. The van der Waals surface area contributed by atoms with Crippen LogP contribution in [0.25, 0.3) is 0 Å². The highest BCUT2D eigenvalue weighted by molar-refractivity contribution is 5.40. The van der Waals surface area contributed by atoms with Crippen LogP contribution in [-0.4, -0.2) is 31.2 Å². The highest BCUT2D eigenvalue weighted by atomic mass is 15.2. The zero-order valence-electron chi connectivity index (χ0n) is 9.53. The van der Waals surface area contributed by atoms with Crippen LogP contribution in [0.1, 0.15) is 19.0 Å². The molecule has 1 saturated heterocycles. The maximum absolute atomic E-state index is 4.64. The van der Waals surface area contributed by atoms with E-state index in [1.165, 1.54) is 12.1 Å². The number of nitrogens with one attached hydrogen (secondary N) is 1. The molecule has 1 aliphatic heterocycles. The third-order valence-electron chi connectivity index (χ3n) is 3.07. The molecule has 0 bridgehead atoms. The van der Waals surface area contributed by atoms with Gasteiger partial charge < -0.3 is 10.2 Å². The first-order valence-electron chi connectivity index (χ1n) is 5.71. The molecule has 0 aromatic carbocycles. The molecule has 15 heavy (non-hydrogen) atoms. The number of anilines is 1. The second kappa shape index (κ2) is 4.62. The van der Waals surface area contributed by atoms with E-state index in [0.717, 1.165) is 25.3 Å². The zero-order chi connectivity index (χ0) is 10.7. The van der Waals surface area contributed by atoms with Crippen molar-refractivity contribution in [2.75, 3.05) is 25.0 Å². The van der Waals surface area contributed by atoms with Gasteiger partial charge in [-0.2, -0.15) is 0 Å². The van der Waals surface area contributed by atoms with Crippen LogP contribution in [-0.2, 0) is 6.42 Å². The molecular weight excluding hydrogens is 186 g/mol.